The first-order valence-corrected chi connectivity index (χ1v) is 15.0. The maximum Gasteiger partial charge on any atom is 0.247 e. The van der Waals surface area contributed by atoms with Crippen LogP contribution in [0, 0.1) is 12.3 Å². The van der Waals surface area contributed by atoms with E-state index in [1.54, 1.807) is 0 Å². The Hall–Kier alpha value is -3.67. The van der Waals surface area contributed by atoms with E-state index in [1.807, 2.05) is 42.5 Å². The molecule has 0 spiro atoms. The summed E-state index contributed by atoms with van der Waals surface area (Å²) in [6.45, 7) is 13.1. The molecule has 4 aromatic rings. The van der Waals surface area contributed by atoms with E-state index >= 15 is 0 Å². The Morgan fingerprint density at radius 3 is 1.95 bits per heavy atom. The average Bonchev–Trinajstić information content (AvgIpc) is 2.96. The number of amides is 1. The molecule has 1 amide bonds. The number of nitrogens with one attached hydrogen (secondary N) is 1. The number of rotatable bonds is 8. The third-order valence-corrected chi connectivity index (χ3v) is 9.13. The standard InChI is InChI=1S/C37H40NO3Si/c1-25-15-14-20-30(36(5,6)24-37(41-42,35(2,3)4)26-16-8-7-9-17-26)34(25)38-33(39)23-29-27-18-10-12-21-31(27)40-32-22-13-11-19-28(29)32/h7-22,29H,23-24H2,1-6H3,(H,38,39). The lowest BCUT2D eigenvalue weighted by Gasteiger charge is -2.49. The second-order valence-corrected chi connectivity index (χ2v) is 13.3. The summed E-state index contributed by atoms with van der Waals surface area (Å²) in [6.07, 6.45) is 0.996. The number of ether oxygens (including phenoxy) is 1. The van der Waals surface area contributed by atoms with Crippen LogP contribution in [0.4, 0.5) is 5.69 Å². The molecule has 1 aliphatic rings. The number of hydrogen-bond donors (Lipinski definition) is 1. The van der Waals surface area contributed by atoms with Crippen molar-refractivity contribution in [3.63, 3.8) is 0 Å². The number of hydrogen-bond acceptors (Lipinski definition) is 3. The number of carbonyl (C=O) groups is 1. The molecule has 0 bridgehead atoms. The molecule has 3 radical (unpaired) electrons. The molecule has 1 heterocycles. The van der Waals surface area contributed by atoms with E-state index in [0.29, 0.717) is 12.8 Å². The van der Waals surface area contributed by atoms with Crippen molar-refractivity contribution in [1.29, 1.82) is 0 Å². The number of benzene rings is 4. The Balaban J connectivity index is 1.48. The van der Waals surface area contributed by atoms with Crippen LogP contribution in [0.15, 0.2) is 97.1 Å². The van der Waals surface area contributed by atoms with Crippen LogP contribution in [0.5, 0.6) is 11.5 Å². The van der Waals surface area contributed by atoms with Gasteiger partial charge in [-0.3, -0.25) is 4.79 Å². The van der Waals surface area contributed by atoms with Crippen LogP contribution in [0.1, 0.15) is 81.2 Å². The van der Waals surface area contributed by atoms with Crippen LogP contribution in [-0.2, 0) is 20.2 Å². The maximum absolute atomic E-state index is 13.9. The lowest BCUT2D eigenvalue weighted by atomic mass is 9.63. The second-order valence-electron chi connectivity index (χ2n) is 13.1. The Kier molecular flexibility index (Phi) is 8.19. The van der Waals surface area contributed by atoms with Gasteiger partial charge in [-0.15, -0.1) is 0 Å². The lowest BCUT2D eigenvalue weighted by Crippen LogP contribution is -2.46. The summed E-state index contributed by atoms with van der Waals surface area (Å²) >= 11 is 0. The van der Waals surface area contributed by atoms with Crippen molar-refractivity contribution in [1.82, 2.24) is 0 Å². The minimum atomic E-state index is -0.630. The second kappa shape index (κ2) is 11.5. The van der Waals surface area contributed by atoms with Gasteiger partial charge < -0.3 is 14.5 Å². The van der Waals surface area contributed by atoms with Gasteiger partial charge in [0, 0.05) is 29.2 Å². The fourth-order valence-corrected chi connectivity index (χ4v) is 6.97. The lowest BCUT2D eigenvalue weighted by molar-refractivity contribution is -0.116. The van der Waals surface area contributed by atoms with Crippen LogP contribution in [0.25, 0.3) is 0 Å². The number of fused-ring (bicyclic) bond motifs is 2. The first kappa shape index (κ1) is 29.8. The minimum Gasteiger partial charge on any atom is -0.457 e. The van der Waals surface area contributed by atoms with E-state index in [9.17, 15) is 4.79 Å². The molecule has 4 nitrogen and oxygen atoms in total. The quantitative estimate of drug-likeness (QED) is 0.214. The number of para-hydroxylation sites is 3. The summed E-state index contributed by atoms with van der Waals surface area (Å²) in [4.78, 5) is 13.9. The van der Waals surface area contributed by atoms with Crippen molar-refractivity contribution in [2.45, 2.75) is 71.3 Å². The summed E-state index contributed by atoms with van der Waals surface area (Å²) < 4.78 is 12.4. The molecule has 0 aliphatic carbocycles. The fourth-order valence-electron chi connectivity index (χ4n) is 6.48. The molecule has 0 fully saturated rings. The Morgan fingerprint density at radius 2 is 1.38 bits per heavy atom. The number of anilines is 1. The SMILES string of the molecule is Cc1cccc(C(C)(C)CC(O[Si])(c2ccccc2)C(C)(C)C)c1NC(=O)CC1c2ccccc2Oc2ccccc21. The van der Waals surface area contributed by atoms with Gasteiger partial charge in [-0.25, -0.2) is 0 Å². The summed E-state index contributed by atoms with van der Waals surface area (Å²) in [6, 6.07) is 32.7. The molecule has 0 aromatic heterocycles. The van der Waals surface area contributed by atoms with E-state index in [2.05, 4.69) is 112 Å². The van der Waals surface area contributed by atoms with Gasteiger partial charge in [0.1, 0.15) is 11.5 Å². The highest BCUT2D eigenvalue weighted by Crippen LogP contribution is 2.51. The largest absolute Gasteiger partial charge is 0.457 e. The molecule has 1 unspecified atom stereocenters. The smallest absolute Gasteiger partial charge is 0.247 e. The van der Waals surface area contributed by atoms with Crippen LogP contribution in [-0.4, -0.2) is 16.4 Å². The third kappa shape index (κ3) is 5.56. The molecule has 1 atom stereocenters. The van der Waals surface area contributed by atoms with E-state index < -0.39 is 5.60 Å². The Labute approximate surface area is 254 Å². The highest BCUT2D eigenvalue weighted by molar-refractivity contribution is 5.98. The van der Waals surface area contributed by atoms with Crippen LogP contribution in [0.2, 0.25) is 0 Å². The molecule has 42 heavy (non-hydrogen) atoms. The monoisotopic (exact) mass is 574 g/mol. The molecule has 0 saturated carbocycles. The fraction of sp³-hybridized carbons (Fsp3) is 0.324. The highest BCUT2D eigenvalue weighted by atomic mass is 28.2. The summed E-state index contributed by atoms with van der Waals surface area (Å²) in [7, 11) is 3.51. The topological polar surface area (TPSA) is 47.6 Å². The predicted molar refractivity (Wildman–Crippen MR) is 171 cm³/mol. The van der Waals surface area contributed by atoms with E-state index in [-0.39, 0.29) is 22.7 Å². The van der Waals surface area contributed by atoms with Crippen molar-refractivity contribution in [3.8, 4) is 11.5 Å². The Bertz CT molecular complexity index is 1530. The predicted octanol–water partition coefficient (Wildman–Crippen LogP) is 8.97. The van der Waals surface area contributed by atoms with Crippen molar-refractivity contribution in [2.75, 3.05) is 5.32 Å². The van der Waals surface area contributed by atoms with Gasteiger partial charge in [0.15, 0.2) is 0 Å². The minimum absolute atomic E-state index is 0.0284. The zero-order chi connectivity index (χ0) is 30.1. The van der Waals surface area contributed by atoms with Crippen LogP contribution >= 0.6 is 0 Å². The average molecular weight is 575 g/mol. The molecule has 1 aliphatic heterocycles. The maximum atomic E-state index is 13.9. The zero-order valence-corrected chi connectivity index (χ0v) is 26.5. The van der Waals surface area contributed by atoms with Gasteiger partial charge in [0.2, 0.25) is 16.4 Å². The van der Waals surface area contributed by atoms with Crippen LogP contribution in [0.3, 0.4) is 0 Å². The van der Waals surface area contributed by atoms with Crippen molar-refractivity contribution < 1.29 is 14.0 Å². The van der Waals surface area contributed by atoms with Gasteiger partial charge in [-0.05, 0) is 53.0 Å². The van der Waals surface area contributed by atoms with Gasteiger partial charge in [0.25, 0.3) is 0 Å². The summed E-state index contributed by atoms with van der Waals surface area (Å²) in [5.74, 6) is 1.49. The van der Waals surface area contributed by atoms with Crippen molar-refractivity contribution in [3.05, 3.63) is 125 Å². The van der Waals surface area contributed by atoms with E-state index in [0.717, 1.165) is 45.0 Å². The first-order chi connectivity index (χ1) is 20.0. The number of carbonyl (C=O) groups excluding carboxylic acids is 1. The van der Waals surface area contributed by atoms with Gasteiger partial charge in [-0.2, -0.15) is 0 Å². The van der Waals surface area contributed by atoms with E-state index in [1.165, 1.54) is 0 Å². The third-order valence-electron chi connectivity index (χ3n) is 8.78. The summed E-state index contributed by atoms with van der Waals surface area (Å²) in [5.41, 5.74) is 4.93. The molecule has 5 rings (SSSR count). The molecule has 5 heteroatoms. The van der Waals surface area contributed by atoms with Crippen molar-refractivity contribution >= 4 is 22.1 Å². The number of aryl methyl sites for hydroxylation is 1. The van der Waals surface area contributed by atoms with Crippen molar-refractivity contribution in [2.24, 2.45) is 5.41 Å². The van der Waals surface area contributed by atoms with Gasteiger partial charge >= 0.3 is 0 Å². The molecular formula is C37H40NO3Si. The normalized spacial score (nSPS) is 14.7. The highest BCUT2D eigenvalue weighted by Gasteiger charge is 2.47. The first-order valence-electron chi connectivity index (χ1n) is 14.6. The Morgan fingerprint density at radius 1 is 0.810 bits per heavy atom. The molecular weight excluding hydrogens is 534 g/mol. The molecule has 1 N–H and O–H groups in total. The molecule has 215 valence electrons. The van der Waals surface area contributed by atoms with Gasteiger partial charge in [-0.1, -0.05) is 120 Å². The van der Waals surface area contributed by atoms with Gasteiger partial charge in [0.05, 0.1) is 5.60 Å². The molecule has 0 saturated heterocycles. The van der Waals surface area contributed by atoms with Crippen LogP contribution < -0.4 is 10.1 Å². The zero-order valence-electron chi connectivity index (χ0n) is 25.5. The molecule has 4 aromatic carbocycles. The van der Waals surface area contributed by atoms with E-state index in [4.69, 9.17) is 9.16 Å². The summed E-state index contributed by atoms with van der Waals surface area (Å²) in [5, 5.41) is 3.34.